The molecule has 1 atom stereocenters. The molecule has 1 aliphatic heterocycles. The van der Waals surface area contributed by atoms with Gasteiger partial charge in [0, 0.05) is 32.6 Å². The lowest BCUT2D eigenvalue weighted by atomic mass is 10.3. The maximum absolute atomic E-state index is 5.60. The third kappa shape index (κ3) is 3.83. The number of rotatable bonds is 6. The van der Waals surface area contributed by atoms with Crippen LogP contribution in [0.25, 0.3) is 0 Å². The molecule has 1 aromatic heterocycles. The minimum atomic E-state index is 0.369. The smallest absolute Gasteiger partial charge is 0.157 e. The van der Waals surface area contributed by atoms with Gasteiger partial charge in [-0.15, -0.1) is 11.8 Å². The molecule has 0 radical (unpaired) electrons. The molecule has 1 N–H and O–H groups in total. The molecule has 1 unspecified atom stereocenters. The first-order valence-electron chi connectivity index (χ1n) is 6.11. The second-order valence-corrected chi connectivity index (χ2v) is 5.18. The van der Waals surface area contributed by atoms with Crippen LogP contribution in [0.1, 0.15) is 18.7 Å². The van der Waals surface area contributed by atoms with Gasteiger partial charge in [0.25, 0.3) is 0 Å². The Morgan fingerprint density at radius 2 is 2.44 bits per heavy atom. The highest BCUT2D eigenvalue weighted by molar-refractivity contribution is 7.99. The Balaban J connectivity index is 1.98. The Kier molecular flexibility index (Phi) is 5.22. The summed E-state index contributed by atoms with van der Waals surface area (Å²) in [4.78, 5) is 8.79. The highest BCUT2D eigenvalue weighted by Crippen LogP contribution is 2.24. The fraction of sp³-hybridized carbons (Fsp3) is 0.667. The Morgan fingerprint density at radius 3 is 3.11 bits per heavy atom. The number of ether oxygens (including phenoxy) is 2. The fourth-order valence-electron chi connectivity index (χ4n) is 1.82. The van der Waals surface area contributed by atoms with Gasteiger partial charge < -0.3 is 14.8 Å². The van der Waals surface area contributed by atoms with Gasteiger partial charge in [0.2, 0.25) is 0 Å². The average Bonchev–Trinajstić information content (AvgIpc) is 2.89. The van der Waals surface area contributed by atoms with E-state index in [0.29, 0.717) is 18.5 Å². The quantitative estimate of drug-likeness (QED) is 0.629. The van der Waals surface area contributed by atoms with Crippen LogP contribution in [-0.4, -0.2) is 42.6 Å². The average molecular weight is 269 g/mol. The predicted molar refractivity (Wildman–Crippen MR) is 72.0 cm³/mol. The molecule has 18 heavy (non-hydrogen) atoms. The molecule has 1 saturated heterocycles. The van der Waals surface area contributed by atoms with E-state index in [2.05, 4.69) is 15.3 Å². The van der Waals surface area contributed by atoms with Gasteiger partial charge in [0.15, 0.2) is 5.82 Å². The van der Waals surface area contributed by atoms with E-state index >= 15 is 0 Å². The molecule has 0 spiro atoms. The first-order chi connectivity index (χ1) is 8.81. The minimum Gasteiger partial charge on any atom is -0.377 e. The molecule has 2 rings (SSSR count). The molecule has 0 aromatic carbocycles. The summed E-state index contributed by atoms with van der Waals surface area (Å²) < 4.78 is 10.7. The Hall–Kier alpha value is -0.850. The standard InChI is InChI=1S/C12H19N3O2S/c1-13-10-6-12(15-11(14-10)7-16-2)18-8-9-4-3-5-17-9/h6,9H,3-5,7-8H2,1-2H3,(H,13,14,15). The highest BCUT2D eigenvalue weighted by atomic mass is 32.2. The lowest BCUT2D eigenvalue weighted by Gasteiger charge is -2.10. The number of methoxy groups -OCH3 is 1. The Bertz CT molecular complexity index is 384. The van der Waals surface area contributed by atoms with Crippen LogP contribution in [0, 0.1) is 0 Å². The summed E-state index contributed by atoms with van der Waals surface area (Å²) in [6.45, 7) is 1.33. The maximum Gasteiger partial charge on any atom is 0.157 e. The monoisotopic (exact) mass is 269 g/mol. The molecule has 0 saturated carbocycles. The third-order valence-electron chi connectivity index (χ3n) is 2.72. The summed E-state index contributed by atoms with van der Waals surface area (Å²) in [5.41, 5.74) is 0. The van der Waals surface area contributed by atoms with E-state index in [0.717, 1.165) is 29.6 Å². The SMILES string of the molecule is CNc1cc(SCC2CCCO2)nc(COC)n1. The first kappa shape index (κ1) is 13.6. The Morgan fingerprint density at radius 1 is 1.56 bits per heavy atom. The van der Waals surface area contributed by atoms with Crippen LogP contribution in [0.5, 0.6) is 0 Å². The molecular weight excluding hydrogens is 250 g/mol. The number of aromatic nitrogens is 2. The second-order valence-electron chi connectivity index (χ2n) is 4.14. The van der Waals surface area contributed by atoms with Gasteiger partial charge in [0.1, 0.15) is 17.5 Å². The number of hydrogen-bond donors (Lipinski definition) is 1. The normalized spacial score (nSPS) is 19.1. The number of anilines is 1. The number of nitrogens with one attached hydrogen (secondary N) is 1. The third-order valence-corrected chi connectivity index (χ3v) is 3.76. The topological polar surface area (TPSA) is 56.3 Å². The molecule has 2 heterocycles. The zero-order valence-corrected chi connectivity index (χ0v) is 11.6. The van der Waals surface area contributed by atoms with E-state index < -0.39 is 0 Å². The van der Waals surface area contributed by atoms with E-state index in [-0.39, 0.29) is 0 Å². The number of hydrogen-bond acceptors (Lipinski definition) is 6. The van der Waals surface area contributed by atoms with Crippen LogP contribution in [0.2, 0.25) is 0 Å². The van der Waals surface area contributed by atoms with Crippen LogP contribution in [0.4, 0.5) is 5.82 Å². The van der Waals surface area contributed by atoms with Crippen molar-refractivity contribution in [2.75, 3.05) is 31.8 Å². The van der Waals surface area contributed by atoms with Gasteiger partial charge >= 0.3 is 0 Å². The number of thioether (sulfide) groups is 1. The zero-order chi connectivity index (χ0) is 12.8. The van der Waals surface area contributed by atoms with E-state index in [9.17, 15) is 0 Å². The highest BCUT2D eigenvalue weighted by Gasteiger charge is 2.16. The predicted octanol–water partition coefficient (Wildman–Crippen LogP) is 1.94. The summed E-state index contributed by atoms with van der Waals surface area (Å²) in [5.74, 6) is 2.48. The van der Waals surface area contributed by atoms with Crippen molar-refractivity contribution >= 4 is 17.6 Å². The van der Waals surface area contributed by atoms with E-state index in [1.54, 1.807) is 18.9 Å². The summed E-state index contributed by atoms with van der Waals surface area (Å²) in [6, 6.07) is 1.96. The van der Waals surface area contributed by atoms with Gasteiger partial charge in [-0.25, -0.2) is 9.97 Å². The van der Waals surface area contributed by atoms with E-state index in [1.807, 2.05) is 13.1 Å². The zero-order valence-electron chi connectivity index (χ0n) is 10.8. The molecule has 100 valence electrons. The van der Waals surface area contributed by atoms with Crippen molar-refractivity contribution in [2.24, 2.45) is 0 Å². The molecule has 1 fully saturated rings. The van der Waals surface area contributed by atoms with Crippen LogP contribution in [0.3, 0.4) is 0 Å². The molecule has 6 heteroatoms. The summed E-state index contributed by atoms with van der Waals surface area (Å²) in [6.07, 6.45) is 2.70. The molecule has 5 nitrogen and oxygen atoms in total. The summed E-state index contributed by atoms with van der Waals surface area (Å²) in [5, 5.41) is 4.01. The second kappa shape index (κ2) is 6.92. The molecule has 1 aromatic rings. The van der Waals surface area contributed by atoms with Crippen molar-refractivity contribution in [3.8, 4) is 0 Å². The summed E-state index contributed by atoms with van der Waals surface area (Å²) in [7, 11) is 3.50. The van der Waals surface area contributed by atoms with Crippen molar-refractivity contribution in [1.82, 2.24) is 9.97 Å². The van der Waals surface area contributed by atoms with Crippen molar-refractivity contribution < 1.29 is 9.47 Å². The fourth-order valence-corrected chi connectivity index (χ4v) is 2.81. The first-order valence-corrected chi connectivity index (χ1v) is 7.09. The maximum atomic E-state index is 5.60. The van der Waals surface area contributed by atoms with E-state index in [4.69, 9.17) is 9.47 Å². The van der Waals surface area contributed by atoms with Crippen LogP contribution >= 0.6 is 11.8 Å². The minimum absolute atomic E-state index is 0.369. The largest absolute Gasteiger partial charge is 0.377 e. The van der Waals surface area contributed by atoms with Gasteiger partial charge in [-0.05, 0) is 12.8 Å². The van der Waals surface area contributed by atoms with Crippen molar-refractivity contribution in [3.63, 3.8) is 0 Å². The number of nitrogens with zero attached hydrogens (tertiary/aromatic N) is 2. The van der Waals surface area contributed by atoms with Gasteiger partial charge in [-0.2, -0.15) is 0 Å². The lowest BCUT2D eigenvalue weighted by Crippen LogP contribution is -2.09. The molecule has 0 aliphatic carbocycles. The summed E-state index contributed by atoms with van der Waals surface area (Å²) >= 11 is 1.72. The molecule has 0 bridgehead atoms. The van der Waals surface area contributed by atoms with E-state index in [1.165, 1.54) is 6.42 Å². The van der Waals surface area contributed by atoms with Crippen LogP contribution in [0.15, 0.2) is 11.1 Å². The van der Waals surface area contributed by atoms with Crippen molar-refractivity contribution in [2.45, 2.75) is 30.6 Å². The van der Waals surface area contributed by atoms with Crippen LogP contribution in [-0.2, 0) is 16.1 Å². The Labute approximate surface area is 112 Å². The lowest BCUT2D eigenvalue weighted by molar-refractivity contribution is 0.129. The van der Waals surface area contributed by atoms with Gasteiger partial charge in [-0.3, -0.25) is 0 Å². The molecular formula is C12H19N3O2S. The van der Waals surface area contributed by atoms with Crippen molar-refractivity contribution in [1.29, 1.82) is 0 Å². The van der Waals surface area contributed by atoms with Crippen LogP contribution < -0.4 is 5.32 Å². The van der Waals surface area contributed by atoms with Gasteiger partial charge in [-0.1, -0.05) is 0 Å². The molecule has 1 aliphatic rings. The molecule has 0 amide bonds. The van der Waals surface area contributed by atoms with Crippen molar-refractivity contribution in [3.05, 3.63) is 11.9 Å². The van der Waals surface area contributed by atoms with Gasteiger partial charge in [0.05, 0.1) is 6.10 Å².